The maximum atomic E-state index is 12.7. The van der Waals surface area contributed by atoms with E-state index >= 15 is 0 Å². The van der Waals surface area contributed by atoms with Gasteiger partial charge in [-0.25, -0.2) is 18.0 Å². The average molecular weight is 511 g/mol. The first-order chi connectivity index (χ1) is 15.5. The van der Waals surface area contributed by atoms with Crippen LogP contribution in [0.5, 0.6) is 0 Å². The van der Waals surface area contributed by atoms with Crippen molar-refractivity contribution in [2.45, 2.75) is 25.3 Å². The van der Waals surface area contributed by atoms with Gasteiger partial charge in [0.05, 0.1) is 16.1 Å². The third-order valence-electron chi connectivity index (χ3n) is 5.00. The highest BCUT2D eigenvalue weighted by Crippen LogP contribution is 2.39. The molecule has 0 radical (unpaired) electrons. The molecule has 1 unspecified atom stereocenters. The summed E-state index contributed by atoms with van der Waals surface area (Å²) in [5, 5.41) is 20.2. The van der Waals surface area contributed by atoms with Gasteiger partial charge in [0.15, 0.2) is 0 Å². The Morgan fingerprint density at radius 2 is 1.91 bits per heavy atom. The van der Waals surface area contributed by atoms with Gasteiger partial charge in [0, 0.05) is 27.6 Å². The minimum atomic E-state index is -3.64. The number of nitrogens with zero attached hydrogens (tertiary/aromatic N) is 1. The summed E-state index contributed by atoms with van der Waals surface area (Å²) in [5.41, 5.74) is -1.80. The largest absolute Gasteiger partial charge is 0.479 e. The number of nitrogens with one attached hydrogen (secondary N) is 1. The molecule has 0 saturated carbocycles. The molecule has 33 heavy (non-hydrogen) atoms. The lowest BCUT2D eigenvalue weighted by Crippen LogP contribution is -2.35. The predicted molar refractivity (Wildman–Crippen MR) is 126 cm³/mol. The van der Waals surface area contributed by atoms with Gasteiger partial charge in [-0.2, -0.15) is 0 Å². The van der Waals surface area contributed by atoms with Gasteiger partial charge in [-0.05, 0) is 42.3 Å². The number of hydrogen-bond donors (Lipinski definition) is 3. The molecular weight excluding hydrogens is 491 g/mol. The summed E-state index contributed by atoms with van der Waals surface area (Å²) in [6, 6.07) is 8.64. The number of anilines is 1. The van der Waals surface area contributed by atoms with Crippen LogP contribution < -0.4 is 15.3 Å². The first kappa shape index (κ1) is 24.8. The number of sulfonamides is 1. The zero-order valence-electron chi connectivity index (χ0n) is 17.4. The fraction of sp³-hybridized carbons (Fsp3) is 0.227. The van der Waals surface area contributed by atoms with E-state index in [2.05, 4.69) is 9.71 Å². The molecule has 2 aromatic carbocycles. The monoisotopic (exact) mass is 510 g/mol. The van der Waals surface area contributed by atoms with E-state index in [1.807, 2.05) is 6.92 Å². The number of carboxylic acid groups (broad SMARTS) is 2. The van der Waals surface area contributed by atoms with Crippen LogP contribution in [0.2, 0.25) is 10.0 Å². The Morgan fingerprint density at radius 3 is 2.55 bits per heavy atom. The van der Waals surface area contributed by atoms with E-state index < -0.39 is 27.5 Å². The van der Waals surface area contributed by atoms with Crippen molar-refractivity contribution >= 4 is 56.4 Å². The summed E-state index contributed by atoms with van der Waals surface area (Å²) in [4.78, 5) is 28.3. The normalized spacial score (nSPS) is 17.6. The fourth-order valence-electron chi connectivity index (χ4n) is 3.57. The van der Waals surface area contributed by atoms with Gasteiger partial charge < -0.3 is 10.2 Å². The van der Waals surface area contributed by atoms with Gasteiger partial charge in [0.1, 0.15) is 0 Å². The Morgan fingerprint density at radius 1 is 1.18 bits per heavy atom. The number of fused-ring (bicyclic) bond motifs is 1. The maximum Gasteiger partial charge on any atom is 0.341 e. The van der Waals surface area contributed by atoms with E-state index in [4.69, 9.17) is 28.3 Å². The number of hydrogen-bond acceptors (Lipinski definition) is 5. The van der Waals surface area contributed by atoms with Crippen LogP contribution in [0.1, 0.15) is 25.3 Å². The van der Waals surface area contributed by atoms with Gasteiger partial charge in [0.2, 0.25) is 15.6 Å². The Balaban J connectivity index is 2.26. The second-order valence-electron chi connectivity index (χ2n) is 7.35. The number of benzene rings is 2. The lowest BCUT2D eigenvalue weighted by molar-refractivity contribution is -0.141. The molecule has 0 spiro atoms. The van der Waals surface area contributed by atoms with Crippen LogP contribution in [0, 0.1) is 0 Å². The van der Waals surface area contributed by atoms with Crippen molar-refractivity contribution in [3.05, 3.63) is 74.7 Å². The third-order valence-corrected chi connectivity index (χ3v) is 6.89. The summed E-state index contributed by atoms with van der Waals surface area (Å²) in [6.45, 7) is 1.87. The second-order valence-corrected chi connectivity index (χ2v) is 10.0. The molecule has 11 heteroatoms. The van der Waals surface area contributed by atoms with Crippen molar-refractivity contribution in [3.63, 3.8) is 0 Å². The fourth-order valence-corrected chi connectivity index (χ4v) is 5.42. The Hall–Kier alpha value is -2.88. The maximum absolute atomic E-state index is 12.7. The zero-order chi connectivity index (χ0) is 24.4. The van der Waals surface area contributed by atoms with Gasteiger partial charge >= 0.3 is 11.9 Å². The summed E-state index contributed by atoms with van der Waals surface area (Å²) in [6.07, 6.45) is 3.08. The second kappa shape index (κ2) is 9.54. The molecule has 3 N–H and O–H groups in total. The van der Waals surface area contributed by atoms with E-state index in [9.17, 15) is 23.1 Å². The topological polar surface area (TPSA) is 133 Å². The van der Waals surface area contributed by atoms with E-state index in [1.54, 1.807) is 0 Å². The number of halogens is 2. The SMILES string of the molecule is CCCCS(=O)(=O)Nc1cccc(C2(C(=O)O)N=c3cc(Cl)cc(Cl)c3=C2C=CC(=O)O)c1. The molecule has 1 aliphatic heterocycles. The molecule has 0 bridgehead atoms. The highest BCUT2D eigenvalue weighted by molar-refractivity contribution is 7.92. The number of carboxylic acids is 2. The first-order valence-electron chi connectivity index (χ1n) is 9.85. The van der Waals surface area contributed by atoms with E-state index in [0.29, 0.717) is 12.8 Å². The van der Waals surface area contributed by atoms with Crippen LogP contribution in [0.25, 0.3) is 5.57 Å². The Kier molecular flexibility index (Phi) is 7.16. The molecule has 1 atom stereocenters. The lowest BCUT2D eigenvalue weighted by Gasteiger charge is -2.25. The van der Waals surface area contributed by atoms with E-state index in [0.717, 1.165) is 12.2 Å². The molecule has 0 aliphatic carbocycles. The summed E-state index contributed by atoms with van der Waals surface area (Å²) >= 11 is 12.4. The van der Waals surface area contributed by atoms with Crippen LogP contribution >= 0.6 is 23.2 Å². The van der Waals surface area contributed by atoms with Crippen LogP contribution in [-0.4, -0.2) is 36.3 Å². The number of aliphatic carboxylic acids is 2. The quantitative estimate of drug-likeness (QED) is 0.444. The van der Waals surface area contributed by atoms with Gasteiger partial charge in [-0.1, -0.05) is 48.7 Å². The van der Waals surface area contributed by atoms with Crippen molar-refractivity contribution in [2.75, 3.05) is 10.5 Å². The minimum Gasteiger partial charge on any atom is -0.479 e. The molecule has 8 nitrogen and oxygen atoms in total. The van der Waals surface area contributed by atoms with Gasteiger partial charge in [0.25, 0.3) is 0 Å². The molecule has 1 heterocycles. The first-order valence-corrected chi connectivity index (χ1v) is 12.3. The molecule has 1 aliphatic rings. The lowest BCUT2D eigenvalue weighted by atomic mass is 9.83. The van der Waals surface area contributed by atoms with Crippen LogP contribution in [0.3, 0.4) is 0 Å². The minimum absolute atomic E-state index is 0.0139. The third kappa shape index (κ3) is 5.05. The Labute approximate surface area is 199 Å². The van der Waals surface area contributed by atoms with Crippen molar-refractivity contribution in [2.24, 2.45) is 4.99 Å². The molecule has 174 valence electrons. The standard InChI is InChI=1S/C22H20Cl2N2O6S/c1-2-3-9-33(31,32)26-15-6-4-5-13(10-15)22(21(29)30)16(7-8-19(27)28)20-17(24)11-14(23)12-18(20)25-22/h4-8,10-12,26H,2-3,9H2,1H3,(H,27,28)(H,29,30). The molecular formula is C22H20Cl2N2O6S. The predicted octanol–water partition coefficient (Wildman–Crippen LogP) is 2.94. The van der Waals surface area contributed by atoms with E-state index in [1.165, 1.54) is 36.4 Å². The van der Waals surface area contributed by atoms with Crippen molar-refractivity contribution in [3.8, 4) is 0 Å². The van der Waals surface area contributed by atoms with Gasteiger partial charge in [-0.3, -0.25) is 9.71 Å². The van der Waals surface area contributed by atoms with Crippen molar-refractivity contribution in [1.82, 2.24) is 0 Å². The van der Waals surface area contributed by atoms with Crippen LogP contribution in [-0.2, 0) is 25.2 Å². The molecule has 3 rings (SSSR count). The van der Waals surface area contributed by atoms with Crippen molar-refractivity contribution in [1.29, 1.82) is 0 Å². The van der Waals surface area contributed by atoms with Crippen LogP contribution in [0.15, 0.2) is 53.5 Å². The summed E-state index contributed by atoms with van der Waals surface area (Å²) in [7, 11) is -3.64. The highest BCUT2D eigenvalue weighted by atomic mass is 35.5. The molecule has 2 aromatic rings. The van der Waals surface area contributed by atoms with Gasteiger partial charge in [-0.15, -0.1) is 0 Å². The number of unbranched alkanes of at least 4 members (excludes halogenated alkanes) is 1. The summed E-state index contributed by atoms with van der Waals surface area (Å²) in [5.74, 6) is -2.78. The highest BCUT2D eigenvalue weighted by Gasteiger charge is 2.46. The zero-order valence-corrected chi connectivity index (χ0v) is 19.7. The van der Waals surface area contributed by atoms with Crippen LogP contribution in [0.4, 0.5) is 5.69 Å². The summed E-state index contributed by atoms with van der Waals surface area (Å²) < 4.78 is 27.1. The molecule has 0 aromatic heterocycles. The molecule has 0 amide bonds. The molecule has 0 fully saturated rings. The average Bonchev–Trinajstić information content (AvgIpc) is 3.06. The smallest absolute Gasteiger partial charge is 0.341 e. The van der Waals surface area contributed by atoms with Crippen molar-refractivity contribution < 1.29 is 28.2 Å². The van der Waals surface area contributed by atoms with E-state index in [-0.39, 0.29) is 43.2 Å². The Bertz CT molecular complexity index is 1390. The number of carbonyl (C=O) groups is 2. The number of rotatable bonds is 9. The molecule has 0 saturated heterocycles.